The number of nitrogens with one attached hydrogen (secondary N) is 1. The van der Waals surface area contributed by atoms with E-state index in [0.717, 1.165) is 17.9 Å². The van der Waals surface area contributed by atoms with Crippen molar-refractivity contribution < 1.29 is 0 Å². The fourth-order valence-corrected chi connectivity index (χ4v) is 3.32. The Labute approximate surface area is 111 Å². The summed E-state index contributed by atoms with van der Waals surface area (Å²) in [7, 11) is 0. The Balaban J connectivity index is 1.70. The molecule has 98 valence electrons. The molecule has 1 heteroatoms. The highest BCUT2D eigenvalue weighted by Crippen LogP contribution is 2.42. The molecule has 1 N–H and O–H groups in total. The average molecular weight is 243 g/mol. The molecular formula is C17H25N. The fourth-order valence-electron chi connectivity index (χ4n) is 3.32. The summed E-state index contributed by atoms with van der Waals surface area (Å²) in [5.41, 5.74) is 2.87. The number of hydrogen-bond acceptors (Lipinski definition) is 1. The predicted octanol–water partition coefficient (Wildman–Crippen LogP) is 4.22. The normalized spacial score (nSPS) is 29.4. The maximum Gasteiger partial charge on any atom is 0.0351 e. The standard InChI is InChI=1S/C17H25N/c1-12-3-6-14(7-4-12)17(15-8-9-15)18-16-10-5-13(2)11-16/h3-4,6-7,13,15-18H,5,8-11H2,1-2H3. The lowest BCUT2D eigenvalue weighted by Gasteiger charge is -2.23. The molecule has 0 amide bonds. The molecule has 0 spiro atoms. The summed E-state index contributed by atoms with van der Waals surface area (Å²) >= 11 is 0. The molecule has 2 saturated carbocycles. The van der Waals surface area contributed by atoms with E-state index in [1.165, 1.54) is 43.2 Å². The number of benzene rings is 1. The van der Waals surface area contributed by atoms with Crippen LogP contribution in [0.15, 0.2) is 24.3 Å². The van der Waals surface area contributed by atoms with Crippen LogP contribution >= 0.6 is 0 Å². The highest BCUT2D eigenvalue weighted by Gasteiger charge is 2.34. The molecule has 2 aliphatic rings. The van der Waals surface area contributed by atoms with Gasteiger partial charge in [0.1, 0.15) is 0 Å². The van der Waals surface area contributed by atoms with Crippen molar-refractivity contribution in [3.63, 3.8) is 0 Å². The first-order chi connectivity index (χ1) is 8.72. The number of rotatable bonds is 4. The van der Waals surface area contributed by atoms with E-state index < -0.39 is 0 Å². The molecule has 0 saturated heterocycles. The Hall–Kier alpha value is -0.820. The van der Waals surface area contributed by atoms with Crippen LogP contribution in [-0.2, 0) is 0 Å². The van der Waals surface area contributed by atoms with Gasteiger partial charge < -0.3 is 5.32 Å². The minimum Gasteiger partial charge on any atom is -0.307 e. The van der Waals surface area contributed by atoms with E-state index in [2.05, 4.69) is 43.4 Å². The van der Waals surface area contributed by atoms with Gasteiger partial charge in [-0.25, -0.2) is 0 Å². The topological polar surface area (TPSA) is 12.0 Å². The molecule has 3 atom stereocenters. The van der Waals surface area contributed by atoms with E-state index >= 15 is 0 Å². The van der Waals surface area contributed by atoms with Crippen molar-refractivity contribution >= 4 is 0 Å². The van der Waals surface area contributed by atoms with Crippen LogP contribution in [0.4, 0.5) is 0 Å². The van der Waals surface area contributed by atoms with Gasteiger partial charge in [0.2, 0.25) is 0 Å². The molecule has 0 radical (unpaired) electrons. The zero-order chi connectivity index (χ0) is 12.5. The largest absolute Gasteiger partial charge is 0.307 e. The Morgan fingerprint density at radius 2 is 1.78 bits per heavy atom. The van der Waals surface area contributed by atoms with Gasteiger partial charge in [-0.15, -0.1) is 0 Å². The summed E-state index contributed by atoms with van der Waals surface area (Å²) in [6.45, 7) is 4.56. The second kappa shape index (κ2) is 5.05. The Morgan fingerprint density at radius 3 is 2.33 bits per heavy atom. The van der Waals surface area contributed by atoms with Crippen molar-refractivity contribution in [1.29, 1.82) is 0 Å². The van der Waals surface area contributed by atoms with Crippen LogP contribution in [0.5, 0.6) is 0 Å². The highest BCUT2D eigenvalue weighted by atomic mass is 15.0. The monoisotopic (exact) mass is 243 g/mol. The molecule has 1 aromatic carbocycles. The summed E-state index contributed by atoms with van der Waals surface area (Å²) in [5.74, 6) is 1.81. The van der Waals surface area contributed by atoms with Crippen molar-refractivity contribution in [2.75, 3.05) is 0 Å². The zero-order valence-electron chi connectivity index (χ0n) is 11.7. The van der Waals surface area contributed by atoms with Crippen LogP contribution < -0.4 is 5.32 Å². The molecule has 0 aromatic heterocycles. The first-order valence-electron chi connectivity index (χ1n) is 7.55. The van der Waals surface area contributed by atoms with Crippen LogP contribution in [0.2, 0.25) is 0 Å². The van der Waals surface area contributed by atoms with E-state index in [1.807, 2.05) is 0 Å². The third-order valence-electron chi connectivity index (χ3n) is 4.64. The summed E-state index contributed by atoms with van der Waals surface area (Å²) in [6, 6.07) is 10.5. The first-order valence-corrected chi connectivity index (χ1v) is 7.55. The minimum atomic E-state index is 0.612. The van der Waals surface area contributed by atoms with Crippen LogP contribution in [-0.4, -0.2) is 6.04 Å². The highest BCUT2D eigenvalue weighted by molar-refractivity contribution is 5.25. The van der Waals surface area contributed by atoms with E-state index in [-0.39, 0.29) is 0 Å². The minimum absolute atomic E-state index is 0.612. The third-order valence-corrected chi connectivity index (χ3v) is 4.64. The van der Waals surface area contributed by atoms with Crippen molar-refractivity contribution in [2.24, 2.45) is 11.8 Å². The van der Waals surface area contributed by atoms with Crippen LogP contribution in [0.3, 0.4) is 0 Å². The fraction of sp³-hybridized carbons (Fsp3) is 0.647. The van der Waals surface area contributed by atoms with Crippen LogP contribution in [0.25, 0.3) is 0 Å². The third kappa shape index (κ3) is 2.77. The van der Waals surface area contributed by atoms with Gasteiger partial charge >= 0.3 is 0 Å². The summed E-state index contributed by atoms with van der Waals surface area (Å²) in [6.07, 6.45) is 6.97. The van der Waals surface area contributed by atoms with E-state index in [1.54, 1.807) is 0 Å². The smallest absolute Gasteiger partial charge is 0.0351 e. The number of aryl methyl sites for hydroxylation is 1. The Morgan fingerprint density at radius 1 is 1.06 bits per heavy atom. The molecule has 2 fully saturated rings. The number of hydrogen-bond donors (Lipinski definition) is 1. The molecule has 0 bridgehead atoms. The van der Waals surface area contributed by atoms with Crippen LogP contribution in [0, 0.1) is 18.8 Å². The molecular weight excluding hydrogens is 218 g/mol. The van der Waals surface area contributed by atoms with Gasteiger partial charge in [-0.05, 0) is 56.4 Å². The predicted molar refractivity (Wildman–Crippen MR) is 76.6 cm³/mol. The van der Waals surface area contributed by atoms with Crippen molar-refractivity contribution in [2.45, 2.75) is 58.0 Å². The van der Waals surface area contributed by atoms with E-state index in [0.29, 0.717) is 6.04 Å². The average Bonchev–Trinajstić information content (AvgIpc) is 3.12. The van der Waals surface area contributed by atoms with Gasteiger partial charge in [-0.2, -0.15) is 0 Å². The van der Waals surface area contributed by atoms with Gasteiger partial charge in [0.05, 0.1) is 0 Å². The van der Waals surface area contributed by atoms with Gasteiger partial charge in [-0.3, -0.25) is 0 Å². The molecule has 18 heavy (non-hydrogen) atoms. The molecule has 0 aliphatic heterocycles. The molecule has 1 nitrogen and oxygen atoms in total. The SMILES string of the molecule is Cc1ccc(C(NC2CCC(C)C2)C2CC2)cc1. The lowest BCUT2D eigenvalue weighted by Crippen LogP contribution is -2.32. The van der Waals surface area contributed by atoms with Crippen LogP contribution in [0.1, 0.15) is 56.2 Å². The maximum atomic E-state index is 3.94. The van der Waals surface area contributed by atoms with Crippen molar-refractivity contribution in [3.8, 4) is 0 Å². The Bertz CT molecular complexity index is 391. The summed E-state index contributed by atoms with van der Waals surface area (Å²) in [4.78, 5) is 0. The zero-order valence-corrected chi connectivity index (χ0v) is 11.7. The molecule has 2 aliphatic carbocycles. The molecule has 0 heterocycles. The second-order valence-electron chi connectivity index (χ2n) is 6.51. The molecule has 1 aromatic rings. The summed E-state index contributed by atoms with van der Waals surface area (Å²) in [5, 5.41) is 3.94. The lowest BCUT2D eigenvalue weighted by molar-refractivity contribution is 0.399. The summed E-state index contributed by atoms with van der Waals surface area (Å²) < 4.78 is 0. The van der Waals surface area contributed by atoms with E-state index in [4.69, 9.17) is 0 Å². The maximum absolute atomic E-state index is 3.94. The van der Waals surface area contributed by atoms with E-state index in [9.17, 15) is 0 Å². The van der Waals surface area contributed by atoms with Gasteiger partial charge in [0.15, 0.2) is 0 Å². The van der Waals surface area contributed by atoms with Crippen molar-refractivity contribution in [3.05, 3.63) is 35.4 Å². The molecule has 3 rings (SSSR count). The first kappa shape index (κ1) is 12.2. The quantitative estimate of drug-likeness (QED) is 0.834. The van der Waals surface area contributed by atoms with Gasteiger partial charge in [-0.1, -0.05) is 36.8 Å². The van der Waals surface area contributed by atoms with Crippen molar-refractivity contribution in [1.82, 2.24) is 5.32 Å². The van der Waals surface area contributed by atoms with Gasteiger partial charge in [0, 0.05) is 12.1 Å². The Kier molecular flexibility index (Phi) is 3.43. The molecule has 3 unspecified atom stereocenters. The lowest BCUT2D eigenvalue weighted by atomic mass is 9.99. The second-order valence-corrected chi connectivity index (χ2v) is 6.51. The van der Waals surface area contributed by atoms with Gasteiger partial charge in [0.25, 0.3) is 0 Å².